The van der Waals surface area contributed by atoms with Gasteiger partial charge in [-0.25, -0.2) is 0 Å². The highest BCUT2D eigenvalue weighted by Gasteiger charge is 2.12. The fourth-order valence-electron chi connectivity index (χ4n) is 1.76. The minimum atomic E-state index is 0.461. The maximum Gasteiger partial charge on any atom is 0.0461 e. The molecule has 2 heterocycles. The second-order valence-electron chi connectivity index (χ2n) is 3.78. The van der Waals surface area contributed by atoms with Crippen LogP contribution in [0.5, 0.6) is 0 Å². The lowest BCUT2D eigenvalue weighted by atomic mass is 10.1. The van der Waals surface area contributed by atoms with E-state index in [9.17, 15) is 0 Å². The Morgan fingerprint density at radius 2 is 2.06 bits per heavy atom. The van der Waals surface area contributed by atoms with Crippen LogP contribution in [0.4, 0.5) is 0 Å². The first-order valence-corrected chi connectivity index (χ1v) is 7.31. The van der Waals surface area contributed by atoms with Gasteiger partial charge in [-0.15, -0.1) is 22.7 Å². The molecule has 0 aliphatic rings. The summed E-state index contributed by atoms with van der Waals surface area (Å²) in [6, 6.07) is 9.31. The van der Waals surface area contributed by atoms with Gasteiger partial charge in [0, 0.05) is 27.1 Å². The molecule has 1 N–H and O–H groups in total. The topological polar surface area (TPSA) is 12.0 Å². The van der Waals surface area contributed by atoms with Gasteiger partial charge < -0.3 is 5.32 Å². The molecule has 0 fully saturated rings. The summed E-state index contributed by atoms with van der Waals surface area (Å²) in [5.41, 5.74) is 0. The van der Waals surface area contributed by atoms with E-state index in [1.807, 2.05) is 29.7 Å². The van der Waals surface area contributed by atoms with Gasteiger partial charge in [0.25, 0.3) is 0 Å². The molecule has 3 heteroatoms. The quantitative estimate of drug-likeness (QED) is 0.850. The number of likely N-dealkylation sites (N-methyl/N-ethyl adjacent to an activating group) is 1. The Kier molecular flexibility index (Phi) is 4.16. The van der Waals surface area contributed by atoms with Crippen LogP contribution >= 0.6 is 22.7 Å². The summed E-state index contributed by atoms with van der Waals surface area (Å²) in [5, 5.41) is 5.54. The third-order valence-electron chi connectivity index (χ3n) is 2.71. The lowest BCUT2D eigenvalue weighted by molar-refractivity contribution is 0.607. The second-order valence-corrected chi connectivity index (χ2v) is 6.01. The fourth-order valence-corrected chi connectivity index (χ4v) is 3.60. The number of hydrogen-bond donors (Lipinski definition) is 1. The minimum absolute atomic E-state index is 0.461. The molecule has 16 heavy (non-hydrogen) atoms. The molecule has 0 saturated heterocycles. The largest absolute Gasteiger partial charge is 0.312 e. The van der Waals surface area contributed by atoms with Gasteiger partial charge >= 0.3 is 0 Å². The van der Waals surface area contributed by atoms with E-state index in [4.69, 9.17) is 0 Å². The fraction of sp³-hybridized carbons (Fsp3) is 0.385. The molecule has 1 unspecified atom stereocenters. The first-order valence-electron chi connectivity index (χ1n) is 5.61. The Hall–Kier alpha value is -0.640. The SMILES string of the molecule is CCc1ccc(CC(NC)c2cccs2)s1. The number of hydrogen-bond acceptors (Lipinski definition) is 3. The molecule has 0 radical (unpaired) electrons. The zero-order valence-corrected chi connectivity index (χ0v) is 11.3. The summed E-state index contributed by atoms with van der Waals surface area (Å²) in [4.78, 5) is 4.38. The normalized spacial score (nSPS) is 12.9. The smallest absolute Gasteiger partial charge is 0.0461 e. The minimum Gasteiger partial charge on any atom is -0.312 e. The Morgan fingerprint density at radius 1 is 1.25 bits per heavy atom. The van der Waals surface area contributed by atoms with Crippen molar-refractivity contribution in [2.75, 3.05) is 7.05 Å². The van der Waals surface area contributed by atoms with E-state index >= 15 is 0 Å². The highest BCUT2D eigenvalue weighted by Crippen LogP contribution is 2.26. The van der Waals surface area contributed by atoms with Crippen LogP contribution in [0.2, 0.25) is 0 Å². The van der Waals surface area contributed by atoms with Crippen LogP contribution < -0.4 is 5.32 Å². The van der Waals surface area contributed by atoms with Crippen molar-refractivity contribution in [2.45, 2.75) is 25.8 Å². The zero-order chi connectivity index (χ0) is 11.4. The predicted octanol–water partition coefficient (Wildman–Crippen LogP) is 3.88. The molecular formula is C13H17NS2. The third kappa shape index (κ3) is 2.73. The average Bonchev–Trinajstić information content (AvgIpc) is 2.96. The van der Waals surface area contributed by atoms with Crippen molar-refractivity contribution in [3.05, 3.63) is 44.3 Å². The average molecular weight is 251 g/mol. The first kappa shape index (κ1) is 11.8. The van der Waals surface area contributed by atoms with Crippen molar-refractivity contribution in [3.63, 3.8) is 0 Å². The molecule has 0 bridgehead atoms. The molecule has 1 atom stereocenters. The molecule has 0 saturated carbocycles. The molecule has 1 nitrogen and oxygen atoms in total. The number of thiophene rings is 2. The molecule has 0 aliphatic carbocycles. The lowest BCUT2D eigenvalue weighted by Gasteiger charge is -2.12. The highest BCUT2D eigenvalue weighted by molar-refractivity contribution is 7.12. The number of nitrogens with one attached hydrogen (secondary N) is 1. The molecule has 86 valence electrons. The monoisotopic (exact) mass is 251 g/mol. The van der Waals surface area contributed by atoms with Crippen LogP contribution in [0, 0.1) is 0 Å². The van der Waals surface area contributed by atoms with Crippen LogP contribution in [0.15, 0.2) is 29.6 Å². The Labute approximate surface area is 105 Å². The van der Waals surface area contributed by atoms with Crippen LogP contribution in [0.25, 0.3) is 0 Å². The molecular weight excluding hydrogens is 234 g/mol. The van der Waals surface area contributed by atoms with Gasteiger partial charge in [-0.2, -0.15) is 0 Å². The summed E-state index contributed by atoms with van der Waals surface area (Å²) in [7, 11) is 2.04. The summed E-state index contributed by atoms with van der Waals surface area (Å²) in [6.45, 7) is 2.21. The van der Waals surface area contributed by atoms with Crippen molar-refractivity contribution in [3.8, 4) is 0 Å². The standard InChI is InChI=1S/C13H17NS2/c1-3-10-6-7-11(16-10)9-12(14-2)13-5-4-8-15-13/h4-8,12,14H,3,9H2,1-2H3. The van der Waals surface area contributed by atoms with Gasteiger partial charge in [-0.05, 0) is 37.0 Å². The number of aryl methyl sites for hydroxylation is 1. The van der Waals surface area contributed by atoms with Crippen molar-refractivity contribution < 1.29 is 0 Å². The maximum atomic E-state index is 3.40. The van der Waals surface area contributed by atoms with E-state index in [1.165, 1.54) is 14.6 Å². The molecule has 0 aromatic carbocycles. The summed E-state index contributed by atoms with van der Waals surface area (Å²) >= 11 is 3.77. The van der Waals surface area contributed by atoms with Gasteiger partial charge in [-0.1, -0.05) is 13.0 Å². The molecule has 2 aromatic heterocycles. The summed E-state index contributed by atoms with van der Waals surface area (Å²) in [5.74, 6) is 0. The molecule has 0 aliphatic heterocycles. The third-order valence-corrected chi connectivity index (χ3v) is 4.94. The van der Waals surface area contributed by atoms with Crippen molar-refractivity contribution >= 4 is 22.7 Å². The second kappa shape index (κ2) is 5.62. The van der Waals surface area contributed by atoms with Gasteiger partial charge in [-0.3, -0.25) is 0 Å². The van der Waals surface area contributed by atoms with Crippen LogP contribution in [-0.2, 0) is 12.8 Å². The van der Waals surface area contributed by atoms with Crippen molar-refractivity contribution in [1.82, 2.24) is 5.32 Å². The lowest BCUT2D eigenvalue weighted by Crippen LogP contribution is -2.17. The van der Waals surface area contributed by atoms with E-state index in [2.05, 4.69) is 41.9 Å². The van der Waals surface area contributed by atoms with Gasteiger partial charge in [0.1, 0.15) is 0 Å². The van der Waals surface area contributed by atoms with Crippen LogP contribution in [-0.4, -0.2) is 7.05 Å². The molecule has 2 rings (SSSR count). The summed E-state index contributed by atoms with van der Waals surface area (Å²) in [6.07, 6.45) is 2.25. The highest BCUT2D eigenvalue weighted by atomic mass is 32.1. The first-order chi connectivity index (χ1) is 7.83. The predicted molar refractivity (Wildman–Crippen MR) is 73.5 cm³/mol. The van der Waals surface area contributed by atoms with Gasteiger partial charge in [0.15, 0.2) is 0 Å². The maximum absolute atomic E-state index is 3.40. The molecule has 2 aromatic rings. The van der Waals surface area contributed by atoms with E-state index in [-0.39, 0.29) is 0 Å². The van der Waals surface area contributed by atoms with Gasteiger partial charge in [0.2, 0.25) is 0 Å². The van der Waals surface area contributed by atoms with E-state index in [0.717, 1.165) is 12.8 Å². The Bertz CT molecular complexity index is 417. The molecule has 0 amide bonds. The van der Waals surface area contributed by atoms with Crippen LogP contribution in [0.3, 0.4) is 0 Å². The van der Waals surface area contributed by atoms with Crippen LogP contribution in [0.1, 0.15) is 27.6 Å². The zero-order valence-electron chi connectivity index (χ0n) is 9.69. The Morgan fingerprint density at radius 3 is 2.62 bits per heavy atom. The van der Waals surface area contributed by atoms with E-state index < -0.39 is 0 Å². The number of rotatable bonds is 5. The van der Waals surface area contributed by atoms with E-state index in [0.29, 0.717) is 6.04 Å². The van der Waals surface area contributed by atoms with Crippen molar-refractivity contribution in [1.29, 1.82) is 0 Å². The van der Waals surface area contributed by atoms with Gasteiger partial charge in [0.05, 0.1) is 0 Å². The Balaban J connectivity index is 2.07. The van der Waals surface area contributed by atoms with E-state index in [1.54, 1.807) is 0 Å². The summed E-state index contributed by atoms with van der Waals surface area (Å²) < 4.78 is 0. The van der Waals surface area contributed by atoms with Crippen molar-refractivity contribution in [2.24, 2.45) is 0 Å². The molecule has 0 spiro atoms.